The van der Waals surface area contributed by atoms with Gasteiger partial charge in [-0.15, -0.1) is 0 Å². The maximum absolute atomic E-state index is 6.44. The molecule has 0 bridgehead atoms. The van der Waals surface area contributed by atoms with Crippen LogP contribution in [0.15, 0.2) is 28.7 Å². The summed E-state index contributed by atoms with van der Waals surface area (Å²) >= 11 is 3.53. The molecule has 1 aliphatic rings. The van der Waals surface area contributed by atoms with Gasteiger partial charge in [-0.2, -0.15) is 0 Å². The maximum Gasteiger partial charge on any atom is 0.0178 e. The third kappa shape index (κ3) is 4.32. The summed E-state index contributed by atoms with van der Waals surface area (Å²) in [6.45, 7) is 4.71. The lowest BCUT2D eigenvalue weighted by atomic mass is 9.74. The van der Waals surface area contributed by atoms with Gasteiger partial charge in [0.2, 0.25) is 0 Å². The average molecular weight is 324 g/mol. The Bertz CT molecular complexity index is 394. The molecule has 19 heavy (non-hydrogen) atoms. The number of halogens is 1. The van der Waals surface area contributed by atoms with Crippen molar-refractivity contribution in [3.05, 3.63) is 34.3 Å². The Morgan fingerprint density at radius 3 is 2.37 bits per heavy atom. The van der Waals surface area contributed by atoms with E-state index in [1.807, 2.05) is 0 Å². The van der Waals surface area contributed by atoms with Crippen LogP contribution in [-0.2, 0) is 6.42 Å². The molecule has 1 nitrogen and oxygen atoms in total. The largest absolute Gasteiger partial charge is 0.327 e. The molecule has 2 heteroatoms. The van der Waals surface area contributed by atoms with Crippen LogP contribution in [0.5, 0.6) is 0 Å². The first-order valence-electron chi connectivity index (χ1n) is 7.56. The van der Waals surface area contributed by atoms with E-state index in [1.54, 1.807) is 0 Å². The normalized spacial score (nSPS) is 25.5. The SMILES string of the molecule is CC(C)C1CCC(C(N)Cc2cccc(Br)c2)CC1. The van der Waals surface area contributed by atoms with E-state index >= 15 is 0 Å². The minimum atomic E-state index is 0.322. The van der Waals surface area contributed by atoms with Gasteiger partial charge in [-0.25, -0.2) is 0 Å². The number of hydrogen-bond acceptors (Lipinski definition) is 1. The van der Waals surface area contributed by atoms with E-state index in [0.29, 0.717) is 12.0 Å². The lowest BCUT2D eigenvalue weighted by Crippen LogP contribution is -2.35. The molecule has 1 saturated carbocycles. The van der Waals surface area contributed by atoms with Gasteiger partial charge >= 0.3 is 0 Å². The van der Waals surface area contributed by atoms with E-state index < -0.39 is 0 Å². The highest BCUT2D eigenvalue weighted by Gasteiger charge is 2.26. The van der Waals surface area contributed by atoms with Gasteiger partial charge < -0.3 is 5.73 Å². The molecular formula is C17H26BrN. The Kier molecular flexibility index (Phi) is 5.47. The lowest BCUT2D eigenvalue weighted by Gasteiger charge is -2.34. The molecule has 0 aromatic heterocycles. The second-order valence-electron chi connectivity index (χ2n) is 6.42. The lowest BCUT2D eigenvalue weighted by molar-refractivity contribution is 0.202. The molecule has 0 radical (unpaired) electrons. The smallest absolute Gasteiger partial charge is 0.0178 e. The maximum atomic E-state index is 6.44. The third-order valence-electron chi connectivity index (χ3n) is 4.73. The Hall–Kier alpha value is -0.340. The molecule has 0 saturated heterocycles. The molecule has 2 rings (SSSR count). The van der Waals surface area contributed by atoms with Gasteiger partial charge in [-0.05, 0) is 67.6 Å². The Morgan fingerprint density at radius 1 is 1.16 bits per heavy atom. The van der Waals surface area contributed by atoms with E-state index in [1.165, 1.54) is 31.2 Å². The number of benzene rings is 1. The zero-order valence-electron chi connectivity index (χ0n) is 12.1. The van der Waals surface area contributed by atoms with Crippen LogP contribution in [0.2, 0.25) is 0 Å². The van der Waals surface area contributed by atoms with E-state index in [2.05, 4.69) is 54.0 Å². The molecule has 1 unspecified atom stereocenters. The number of hydrogen-bond donors (Lipinski definition) is 1. The molecule has 106 valence electrons. The second kappa shape index (κ2) is 6.90. The summed E-state index contributed by atoms with van der Waals surface area (Å²) in [5, 5.41) is 0. The summed E-state index contributed by atoms with van der Waals surface area (Å²) in [5.74, 6) is 2.48. The average Bonchev–Trinajstić information content (AvgIpc) is 2.39. The summed E-state index contributed by atoms with van der Waals surface area (Å²) in [5.41, 5.74) is 7.79. The quantitative estimate of drug-likeness (QED) is 0.847. The summed E-state index contributed by atoms with van der Waals surface area (Å²) in [6, 6.07) is 8.87. The number of nitrogens with two attached hydrogens (primary N) is 1. The summed E-state index contributed by atoms with van der Waals surface area (Å²) in [4.78, 5) is 0. The molecule has 0 heterocycles. The first-order chi connectivity index (χ1) is 9.06. The minimum absolute atomic E-state index is 0.322. The highest BCUT2D eigenvalue weighted by molar-refractivity contribution is 9.10. The van der Waals surface area contributed by atoms with Crippen molar-refractivity contribution in [2.24, 2.45) is 23.5 Å². The topological polar surface area (TPSA) is 26.0 Å². The molecule has 0 aliphatic heterocycles. The van der Waals surface area contributed by atoms with E-state index in [4.69, 9.17) is 5.73 Å². The monoisotopic (exact) mass is 323 g/mol. The van der Waals surface area contributed by atoms with Gasteiger partial charge in [-0.1, -0.05) is 41.9 Å². The fourth-order valence-electron chi connectivity index (χ4n) is 3.34. The van der Waals surface area contributed by atoms with Crippen LogP contribution in [0.25, 0.3) is 0 Å². The summed E-state index contributed by atoms with van der Waals surface area (Å²) < 4.78 is 1.15. The van der Waals surface area contributed by atoms with Crippen molar-refractivity contribution in [3.63, 3.8) is 0 Å². The van der Waals surface area contributed by atoms with E-state index in [0.717, 1.165) is 22.7 Å². The zero-order valence-corrected chi connectivity index (χ0v) is 13.7. The Labute approximate surface area is 126 Å². The van der Waals surface area contributed by atoms with Gasteiger partial charge in [0.1, 0.15) is 0 Å². The van der Waals surface area contributed by atoms with Crippen molar-refractivity contribution >= 4 is 15.9 Å². The highest BCUT2D eigenvalue weighted by atomic mass is 79.9. The van der Waals surface area contributed by atoms with E-state index in [-0.39, 0.29) is 0 Å². The van der Waals surface area contributed by atoms with Crippen LogP contribution in [-0.4, -0.2) is 6.04 Å². The first-order valence-corrected chi connectivity index (χ1v) is 8.35. The van der Waals surface area contributed by atoms with E-state index in [9.17, 15) is 0 Å². The van der Waals surface area contributed by atoms with Gasteiger partial charge in [-0.3, -0.25) is 0 Å². The standard InChI is InChI=1S/C17H26BrN/c1-12(2)14-6-8-15(9-7-14)17(19)11-13-4-3-5-16(18)10-13/h3-5,10,12,14-15,17H,6-9,11,19H2,1-2H3. The van der Waals surface area contributed by atoms with Crippen molar-refractivity contribution in [3.8, 4) is 0 Å². The second-order valence-corrected chi connectivity index (χ2v) is 7.33. The van der Waals surface area contributed by atoms with Gasteiger partial charge in [0, 0.05) is 10.5 Å². The Balaban J connectivity index is 1.86. The van der Waals surface area contributed by atoms with Crippen LogP contribution in [0, 0.1) is 17.8 Å². The molecule has 1 aliphatic carbocycles. The third-order valence-corrected chi connectivity index (χ3v) is 5.22. The summed E-state index contributed by atoms with van der Waals surface area (Å²) in [6.07, 6.45) is 6.38. The highest BCUT2D eigenvalue weighted by Crippen LogP contribution is 2.35. The van der Waals surface area contributed by atoms with Crippen LogP contribution in [0.3, 0.4) is 0 Å². The van der Waals surface area contributed by atoms with Gasteiger partial charge in [0.15, 0.2) is 0 Å². The van der Waals surface area contributed by atoms with Crippen LogP contribution >= 0.6 is 15.9 Å². The predicted molar refractivity (Wildman–Crippen MR) is 86.1 cm³/mol. The fourth-order valence-corrected chi connectivity index (χ4v) is 3.79. The van der Waals surface area contributed by atoms with Gasteiger partial charge in [0.05, 0.1) is 0 Å². The van der Waals surface area contributed by atoms with Crippen molar-refractivity contribution in [1.29, 1.82) is 0 Å². The van der Waals surface area contributed by atoms with Crippen molar-refractivity contribution in [2.75, 3.05) is 0 Å². The van der Waals surface area contributed by atoms with Crippen LogP contribution in [0.4, 0.5) is 0 Å². The molecule has 1 atom stereocenters. The molecule has 2 N–H and O–H groups in total. The number of rotatable bonds is 4. The first kappa shape index (κ1) is 15.1. The molecule has 0 spiro atoms. The van der Waals surface area contributed by atoms with Crippen molar-refractivity contribution in [1.82, 2.24) is 0 Å². The summed E-state index contributed by atoms with van der Waals surface area (Å²) in [7, 11) is 0. The van der Waals surface area contributed by atoms with Crippen LogP contribution in [0.1, 0.15) is 45.1 Å². The predicted octanol–water partition coefficient (Wildman–Crippen LogP) is 4.78. The van der Waals surface area contributed by atoms with Crippen molar-refractivity contribution < 1.29 is 0 Å². The zero-order chi connectivity index (χ0) is 13.8. The molecule has 1 fully saturated rings. The van der Waals surface area contributed by atoms with Crippen molar-refractivity contribution in [2.45, 2.75) is 52.0 Å². The molecular weight excluding hydrogens is 298 g/mol. The fraction of sp³-hybridized carbons (Fsp3) is 0.647. The molecule has 0 amide bonds. The van der Waals surface area contributed by atoms with Crippen LogP contribution < -0.4 is 5.73 Å². The molecule has 1 aromatic rings. The molecule has 1 aromatic carbocycles. The minimum Gasteiger partial charge on any atom is -0.327 e. The van der Waals surface area contributed by atoms with Gasteiger partial charge in [0.25, 0.3) is 0 Å². The Morgan fingerprint density at radius 2 is 1.79 bits per heavy atom.